The van der Waals surface area contributed by atoms with Crippen molar-refractivity contribution in [3.63, 3.8) is 0 Å². The van der Waals surface area contributed by atoms with Gasteiger partial charge in [0.2, 0.25) is 0 Å². The zero-order valence-electron chi connectivity index (χ0n) is 10.5. The Labute approximate surface area is 112 Å². The van der Waals surface area contributed by atoms with Crippen LogP contribution < -0.4 is 5.32 Å². The molecule has 0 bridgehead atoms. The monoisotopic (exact) mass is 260 g/mol. The minimum absolute atomic E-state index is 0.550. The molecule has 0 spiro atoms. The van der Waals surface area contributed by atoms with Gasteiger partial charge in [0.25, 0.3) is 0 Å². The second-order valence-corrected chi connectivity index (χ2v) is 5.46. The van der Waals surface area contributed by atoms with E-state index < -0.39 is 0 Å². The highest BCUT2D eigenvalue weighted by molar-refractivity contribution is 6.31. The number of rotatable bonds is 4. The molecule has 0 aliphatic heterocycles. The first-order valence-corrected chi connectivity index (χ1v) is 6.96. The molecule has 0 radical (unpaired) electrons. The van der Waals surface area contributed by atoms with Crippen LogP contribution in [0.1, 0.15) is 26.2 Å². The molecule has 1 N–H and O–H groups in total. The van der Waals surface area contributed by atoms with Crippen molar-refractivity contribution in [1.82, 2.24) is 4.98 Å². The summed E-state index contributed by atoms with van der Waals surface area (Å²) < 4.78 is 0. The number of halogens is 1. The molecule has 18 heavy (non-hydrogen) atoms. The summed E-state index contributed by atoms with van der Waals surface area (Å²) in [5, 5.41) is 5.49. The number of aromatic nitrogens is 1. The van der Waals surface area contributed by atoms with Crippen molar-refractivity contribution in [2.45, 2.75) is 32.2 Å². The predicted octanol–water partition coefficient (Wildman–Crippen LogP) is 4.49. The molecular formula is C15H17ClN2. The summed E-state index contributed by atoms with van der Waals surface area (Å²) in [5.74, 6) is 0.827. The third-order valence-corrected chi connectivity index (χ3v) is 3.86. The van der Waals surface area contributed by atoms with Crippen LogP contribution in [-0.2, 0) is 0 Å². The van der Waals surface area contributed by atoms with E-state index in [1.54, 1.807) is 0 Å². The lowest BCUT2D eigenvalue weighted by molar-refractivity contribution is 0.617. The lowest BCUT2D eigenvalue weighted by Crippen LogP contribution is -2.20. The van der Waals surface area contributed by atoms with E-state index >= 15 is 0 Å². The molecule has 1 aromatic heterocycles. The summed E-state index contributed by atoms with van der Waals surface area (Å²) in [6.45, 7) is 2.23. The van der Waals surface area contributed by atoms with Gasteiger partial charge in [-0.15, -0.1) is 0 Å². The fourth-order valence-electron chi connectivity index (χ4n) is 2.52. The number of nitrogens with zero attached hydrogens (tertiary/aromatic N) is 1. The molecule has 1 aliphatic rings. The van der Waals surface area contributed by atoms with Crippen molar-refractivity contribution in [3.8, 4) is 0 Å². The van der Waals surface area contributed by atoms with E-state index in [1.165, 1.54) is 12.8 Å². The summed E-state index contributed by atoms with van der Waals surface area (Å²) in [6.07, 6.45) is 5.67. The summed E-state index contributed by atoms with van der Waals surface area (Å²) >= 11 is 6.18. The first-order valence-electron chi connectivity index (χ1n) is 6.58. The van der Waals surface area contributed by atoms with E-state index in [0.29, 0.717) is 6.04 Å². The molecular weight excluding hydrogens is 244 g/mol. The highest BCUT2D eigenvalue weighted by Gasteiger charge is 2.30. The average molecular weight is 261 g/mol. The van der Waals surface area contributed by atoms with Crippen LogP contribution in [0.3, 0.4) is 0 Å². The van der Waals surface area contributed by atoms with E-state index in [9.17, 15) is 0 Å². The molecule has 1 fully saturated rings. The van der Waals surface area contributed by atoms with Crippen molar-refractivity contribution in [2.24, 2.45) is 5.92 Å². The second kappa shape index (κ2) is 4.77. The summed E-state index contributed by atoms with van der Waals surface area (Å²) in [5.41, 5.74) is 2.08. The fraction of sp³-hybridized carbons (Fsp3) is 0.400. The number of anilines is 1. The molecule has 2 aromatic rings. The van der Waals surface area contributed by atoms with Crippen LogP contribution >= 0.6 is 11.6 Å². The first-order chi connectivity index (χ1) is 8.78. The SMILES string of the molecule is CCC(Nc1cc(Cl)cc2cccnc12)C1CC1. The third kappa shape index (κ3) is 2.30. The van der Waals surface area contributed by atoms with Crippen LogP contribution in [0.2, 0.25) is 5.02 Å². The third-order valence-electron chi connectivity index (χ3n) is 3.64. The molecule has 1 unspecified atom stereocenters. The Morgan fingerprint density at radius 1 is 1.44 bits per heavy atom. The van der Waals surface area contributed by atoms with Gasteiger partial charge in [-0.25, -0.2) is 0 Å². The molecule has 1 saturated carbocycles. The first kappa shape index (κ1) is 11.8. The van der Waals surface area contributed by atoms with Gasteiger partial charge in [0.05, 0.1) is 11.2 Å². The standard InChI is InChI=1S/C15H17ClN2/c1-2-13(10-5-6-10)18-14-9-12(16)8-11-4-3-7-17-15(11)14/h3-4,7-10,13,18H,2,5-6H2,1H3. The van der Waals surface area contributed by atoms with Gasteiger partial charge in [-0.1, -0.05) is 24.6 Å². The Kier molecular flexibility index (Phi) is 3.13. The van der Waals surface area contributed by atoms with Crippen LogP contribution in [0.25, 0.3) is 10.9 Å². The average Bonchev–Trinajstić information content (AvgIpc) is 3.19. The largest absolute Gasteiger partial charge is 0.380 e. The van der Waals surface area contributed by atoms with Crippen LogP contribution in [-0.4, -0.2) is 11.0 Å². The molecule has 1 heterocycles. The zero-order valence-corrected chi connectivity index (χ0v) is 11.2. The maximum Gasteiger partial charge on any atom is 0.0934 e. The van der Waals surface area contributed by atoms with Gasteiger partial charge in [-0.3, -0.25) is 4.98 Å². The Morgan fingerprint density at radius 2 is 2.28 bits per heavy atom. The number of hydrogen-bond donors (Lipinski definition) is 1. The topological polar surface area (TPSA) is 24.9 Å². The maximum absolute atomic E-state index is 6.18. The van der Waals surface area contributed by atoms with E-state index in [4.69, 9.17) is 11.6 Å². The number of fused-ring (bicyclic) bond motifs is 1. The summed E-state index contributed by atoms with van der Waals surface area (Å²) in [7, 11) is 0. The number of hydrogen-bond acceptors (Lipinski definition) is 2. The lowest BCUT2D eigenvalue weighted by atomic mass is 10.1. The van der Waals surface area contributed by atoms with Crippen molar-refractivity contribution in [2.75, 3.05) is 5.32 Å². The molecule has 1 aromatic carbocycles. The summed E-state index contributed by atoms with van der Waals surface area (Å²) in [6, 6.07) is 8.50. The number of pyridine rings is 1. The van der Waals surface area contributed by atoms with Crippen LogP contribution in [0.5, 0.6) is 0 Å². The zero-order chi connectivity index (χ0) is 12.5. The van der Waals surface area contributed by atoms with Crippen LogP contribution in [0.15, 0.2) is 30.5 Å². The van der Waals surface area contributed by atoms with E-state index in [1.807, 2.05) is 24.4 Å². The van der Waals surface area contributed by atoms with Crippen LogP contribution in [0.4, 0.5) is 5.69 Å². The number of nitrogens with one attached hydrogen (secondary N) is 1. The van der Waals surface area contributed by atoms with E-state index in [0.717, 1.165) is 34.0 Å². The Bertz CT molecular complexity index is 563. The van der Waals surface area contributed by atoms with Crippen LogP contribution in [0, 0.1) is 5.92 Å². The molecule has 0 saturated heterocycles. The van der Waals surface area contributed by atoms with Gasteiger partial charge in [-0.05, 0) is 43.4 Å². The quantitative estimate of drug-likeness (QED) is 0.876. The second-order valence-electron chi connectivity index (χ2n) is 5.02. The molecule has 0 amide bonds. The Balaban J connectivity index is 1.99. The van der Waals surface area contributed by atoms with Crippen molar-refractivity contribution in [3.05, 3.63) is 35.5 Å². The molecule has 3 heteroatoms. The number of benzene rings is 1. The summed E-state index contributed by atoms with van der Waals surface area (Å²) in [4.78, 5) is 4.47. The highest BCUT2D eigenvalue weighted by Crippen LogP contribution is 2.37. The van der Waals surface area contributed by atoms with Gasteiger partial charge < -0.3 is 5.32 Å². The molecule has 94 valence electrons. The molecule has 1 aliphatic carbocycles. The normalized spacial score (nSPS) is 16.8. The minimum Gasteiger partial charge on any atom is -0.380 e. The molecule has 2 nitrogen and oxygen atoms in total. The van der Waals surface area contributed by atoms with Gasteiger partial charge >= 0.3 is 0 Å². The Hall–Kier alpha value is -1.28. The maximum atomic E-state index is 6.18. The van der Waals surface area contributed by atoms with Gasteiger partial charge in [-0.2, -0.15) is 0 Å². The minimum atomic E-state index is 0.550. The smallest absolute Gasteiger partial charge is 0.0934 e. The fourth-order valence-corrected chi connectivity index (χ4v) is 2.74. The van der Waals surface area contributed by atoms with Crippen molar-refractivity contribution >= 4 is 28.2 Å². The van der Waals surface area contributed by atoms with Crippen molar-refractivity contribution in [1.29, 1.82) is 0 Å². The Morgan fingerprint density at radius 3 is 3.00 bits per heavy atom. The van der Waals surface area contributed by atoms with Crippen molar-refractivity contribution < 1.29 is 0 Å². The highest BCUT2D eigenvalue weighted by atomic mass is 35.5. The molecule has 3 rings (SSSR count). The van der Waals surface area contributed by atoms with E-state index in [-0.39, 0.29) is 0 Å². The van der Waals surface area contributed by atoms with Gasteiger partial charge in [0.1, 0.15) is 0 Å². The predicted molar refractivity (Wildman–Crippen MR) is 77.2 cm³/mol. The molecule has 1 atom stereocenters. The van der Waals surface area contributed by atoms with E-state index in [2.05, 4.69) is 23.3 Å². The van der Waals surface area contributed by atoms with Gasteiger partial charge in [0, 0.05) is 22.6 Å². The van der Waals surface area contributed by atoms with Gasteiger partial charge in [0.15, 0.2) is 0 Å². The lowest BCUT2D eigenvalue weighted by Gasteiger charge is -2.19.